The monoisotopic (exact) mass is 374 g/mol. The standard InChI is InChI=1S/C20H31FN6/c1-16-14-17(2)27(25-16)12-5-10-23-20(22-3)24-11-13-26(4)15-18-6-8-19(21)9-7-18/h6-9,14H,5,10-13,15H2,1-4H3,(H2,22,23,24). The van der Waals surface area contributed by atoms with Crippen molar-refractivity contribution in [3.63, 3.8) is 0 Å². The van der Waals surface area contributed by atoms with E-state index in [9.17, 15) is 4.39 Å². The summed E-state index contributed by atoms with van der Waals surface area (Å²) in [4.78, 5) is 6.45. The van der Waals surface area contributed by atoms with Crippen LogP contribution < -0.4 is 10.6 Å². The van der Waals surface area contributed by atoms with Crippen molar-refractivity contribution >= 4 is 5.96 Å². The van der Waals surface area contributed by atoms with E-state index in [-0.39, 0.29) is 5.82 Å². The summed E-state index contributed by atoms with van der Waals surface area (Å²) in [6.45, 7) is 8.26. The molecule has 0 atom stereocenters. The summed E-state index contributed by atoms with van der Waals surface area (Å²) < 4.78 is 15.0. The minimum Gasteiger partial charge on any atom is -0.356 e. The first-order valence-electron chi connectivity index (χ1n) is 9.36. The fourth-order valence-corrected chi connectivity index (χ4v) is 2.90. The zero-order valence-corrected chi connectivity index (χ0v) is 16.8. The van der Waals surface area contributed by atoms with Crippen molar-refractivity contribution in [3.05, 3.63) is 53.1 Å². The van der Waals surface area contributed by atoms with E-state index in [1.807, 2.05) is 23.7 Å². The topological polar surface area (TPSA) is 57.5 Å². The molecule has 2 aromatic rings. The molecule has 27 heavy (non-hydrogen) atoms. The summed E-state index contributed by atoms with van der Waals surface area (Å²) in [6.07, 6.45) is 0.979. The van der Waals surface area contributed by atoms with E-state index >= 15 is 0 Å². The van der Waals surface area contributed by atoms with E-state index < -0.39 is 0 Å². The Hall–Kier alpha value is -2.41. The number of aryl methyl sites for hydroxylation is 3. The maximum Gasteiger partial charge on any atom is 0.191 e. The summed E-state index contributed by atoms with van der Waals surface area (Å²) in [5.74, 6) is 0.606. The Morgan fingerprint density at radius 1 is 1.19 bits per heavy atom. The van der Waals surface area contributed by atoms with Gasteiger partial charge < -0.3 is 15.5 Å². The van der Waals surface area contributed by atoms with Crippen molar-refractivity contribution in [1.29, 1.82) is 0 Å². The van der Waals surface area contributed by atoms with Gasteiger partial charge in [-0.25, -0.2) is 4.39 Å². The van der Waals surface area contributed by atoms with Crippen LogP contribution in [-0.2, 0) is 13.1 Å². The number of hydrogen-bond acceptors (Lipinski definition) is 3. The highest BCUT2D eigenvalue weighted by molar-refractivity contribution is 5.79. The second-order valence-corrected chi connectivity index (χ2v) is 6.79. The molecule has 1 heterocycles. The number of halogens is 1. The number of guanidine groups is 1. The number of aromatic nitrogens is 2. The molecule has 0 aliphatic rings. The molecule has 7 heteroatoms. The highest BCUT2D eigenvalue weighted by Gasteiger charge is 2.03. The normalized spacial score (nSPS) is 11.9. The molecule has 0 spiro atoms. The third kappa shape index (κ3) is 7.38. The van der Waals surface area contributed by atoms with Gasteiger partial charge in [-0.3, -0.25) is 9.67 Å². The molecule has 0 fully saturated rings. The smallest absolute Gasteiger partial charge is 0.191 e. The first-order chi connectivity index (χ1) is 13.0. The van der Waals surface area contributed by atoms with Crippen molar-refractivity contribution in [2.45, 2.75) is 33.4 Å². The average molecular weight is 375 g/mol. The first kappa shape index (κ1) is 20.9. The molecule has 0 aliphatic carbocycles. The minimum atomic E-state index is -0.198. The molecule has 1 aromatic carbocycles. The number of benzene rings is 1. The maximum atomic E-state index is 13.0. The van der Waals surface area contributed by atoms with Crippen molar-refractivity contribution in [2.75, 3.05) is 33.7 Å². The molecule has 0 aliphatic heterocycles. The van der Waals surface area contributed by atoms with Crippen LogP contribution in [0.15, 0.2) is 35.3 Å². The average Bonchev–Trinajstić information content (AvgIpc) is 2.96. The second kappa shape index (κ2) is 10.7. The molecule has 0 amide bonds. The maximum absolute atomic E-state index is 13.0. The summed E-state index contributed by atoms with van der Waals surface area (Å²) in [7, 11) is 3.83. The number of hydrogen-bond donors (Lipinski definition) is 2. The Kier molecular flexibility index (Phi) is 8.26. The zero-order valence-electron chi connectivity index (χ0n) is 16.8. The third-order valence-corrected chi connectivity index (χ3v) is 4.32. The van der Waals surface area contributed by atoms with Crippen LogP contribution >= 0.6 is 0 Å². The van der Waals surface area contributed by atoms with Gasteiger partial charge in [0.2, 0.25) is 0 Å². The lowest BCUT2D eigenvalue weighted by Gasteiger charge is -2.18. The van der Waals surface area contributed by atoms with Gasteiger partial charge in [0.05, 0.1) is 5.69 Å². The largest absolute Gasteiger partial charge is 0.356 e. The van der Waals surface area contributed by atoms with Gasteiger partial charge in [0.1, 0.15) is 5.82 Å². The summed E-state index contributed by atoms with van der Waals surface area (Å²) in [5, 5.41) is 11.1. The van der Waals surface area contributed by atoms with Crippen LogP contribution in [-0.4, -0.2) is 54.4 Å². The summed E-state index contributed by atoms with van der Waals surface area (Å²) in [5.41, 5.74) is 3.35. The van der Waals surface area contributed by atoms with Gasteiger partial charge in [0.15, 0.2) is 5.96 Å². The quantitative estimate of drug-likeness (QED) is 0.402. The first-order valence-corrected chi connectivity index (χ1v) is 9.36. The Morgan fingerprint density at radius 3 is 2.52 bits per heavy atom. The van der Waals surface area contributed by atoms with Gasteiger partial charge in [-0.15, -0.1) is 0 Å². The van der Waals surface area contributed by atoms with E-state index in [1.165, 1.54) is 17.8 Å². The lowest BCUT2D eigenvalue weighted by molar-refractivity contribution is 0.331. The number of likely N-dealkylation sites (N-methyl/N-ethyl adjacent to an activating group) is 1. The number of nitrogens with one attached hydrogen (secondary N) is 2. The van der Waals surface area contributed by atoms with Crippen LogP contribution in [0.2, 0.25) is 0 Å². The van der Waals surface area contributed by atoms with E-state index in [0.29, 0.717) is 0 Å². The van der Waals surface area contributed by atoms with Crippen molar-refractivity contribution in [1.82, 2.24) is 25.3 Å². The van der Waals surface area contributed by atoms with E-state index in [0.717, 1.165) is 56.4 Å². The fraction of sp³-hybridized carbons (Fsp3) is 0.500. The number of nitrogens with zero attached hydrogens (tertiary/aromatic N) is 4. The van der Waals surface area contributed by atoms with Gasteiger partial charge in [-0.05, 0) is 51.1 Å². The summed E-state index contributed by atoms with van der Waals surface area (Å²) in [6, 6.07) is 8.74. The number of rotatable bonds is 9. The Labute approximate surface area is 161 Å². The van der Waals surface area contributed by atoms with Crippen LogP contribution in [0.1, 0.15) is 23.4 Å². The van der Waals surface area contributed by atoms with Gasteiger partial charge in [-0.1, -0.05) is 12.1 Å². The molecule has 0 saturated heterocycles. The molecule has 0 radical (unpaired) electrons. The Morgan fingerprint density at radius 2 is 1.89 bits per heavy atom. The molecule has 0 saturated carbocycles. The third-order valence-electron chi connectivity index (χ3n) is 4.32. The van der Waals surface area contributed by atoms with Gasteiger partial charge in [0.25, 0.3) is 0 Å². The minimum absolute atomic E-state index is 0.198. The van der Waals surface area contributed by atoms with Crippen LogP contribution in [0, 0.1) is 19.7 Å². The Bertz CT molecular complexity index is 723. The molecule has 2 N–H and O–H groups in total. The predicted octanol–water partition coefficient (Wildman–Crippen LogP) is 2.33. The molecule has 6 nitrogen and oxygen atoms in total. The highest BCUT2D eigenvalue weighted by atomic mass is 19.1. The van der Waals surface area contributed by atoms with Crippen molar-refractivity contribution < 1.29 is 4.39 Å². The highest BCUT2D eigenvalue weighted by Crippen LogP contribution is 2.05. The lowest BCUT2D eigenvalue weighted by atomic mass is 10.2. The summed E-state index contributed by atoms with van der Waals surface area (Å²) >= 11 is 0. The van der Waals surface area contributed by atoms with Crippen molar-refractivity contribution in [3.8, 4) is 0 Å². The van der Waals surface area contributed by atoms with Gasteiger partial charge in [0, 0.05) is 45.5 Å². The predicted molar refractivity (Wildman–Crippen MR) is 108 cm³/mol. The van der Waals surface area contributed by atoms with Crippen molar-refractivity contribution in [2.24, 2.45) is 4.99 Å². The number of aliphatic imine (C=N–C) groups is 1. The van der Waals surface area contributed by atoms with Gasteiger partial charge >= 0.3 is 0 Å². The Balaban J connectivity index is 1.62. The zero-order chi connectivity index (χ0) is 19.6. The van der Waals surface area contributed by atoms with Crippen LogP contribution in [0.3, 0.4) is 0 Å². The van der Waals surface area contributed by atoms with E-state index in [2.05, 4.69) is 45.7 Å². The van der Waals surface area contributed by atoms with E-state index in [1.54, 1.807) is 7.05 Å². The van der Waals surface area contributed by atoms with Crippen LogP contribution in [0.25, 0.3) is 0 Å². The molecule has 0 bridgehead atoms. The molecule has 2 rings (SSSR count). The SMILES string of the molecule is CN=C(NCCCn1nc(C)cc1C)NCCN(C)Cc1ccc(F)cc1. The molecular weight excluding hydrogens is 343 g/mol. The molecule has 148 valence electrons. The molecular formula is C20H31FN6. The van der Waals surface area contributed by atoms with Crippen LogP contribution in [0.5, 0.6) is 0 Å². The molecule has 0 unspecified atom stereocenters. The van der Waals surface area contributed by atoms with Crippen LogP contribution in [0.4, 0.5) is 4.39 Å². The second-order valence-electron chi connectivity index (χ2n) is 6.79. The molecule has 1 aromatic heterocycles. The fourth-order valence-electron chi connectivity index (χ4n) is 2.90. The van der Waals surface area contributed by atoms with E-state index in [4.69, 9.17) is 0 Å². The van der Waals surface area contributed by atoms with Gasteiger partial charge in [-0.2, -0.15) is 5.10 Å². The lowest BCUT2D eigenvalue weighted by Crippen LogP contribution is -2.41.